The zero-order valence-corrected chi connectivity index (χ0v) is 24.2. The zero-order chi connectivity index (χ0) is 29.1. The van der Waals surface area contributed by atoms with Crippen LogP contribution in [-0.4, -0.2) is 23.8 Å². The van der Waals surface area contributed by atoms with Crippen molar-refractivity contribution in [3.63, 3.8) is 0 Å². The molecule has 0 aliphatic carbocycles. The molecule has 206 valence electrons. The molecule has 0 aliphatic rings. The maximum Gasteiger partial charge on any atom is 0.267 e. The Morgan fingerprint density at radius 3 is 2.43 bits per heavy atom. The van der Waals surface area contributed by atoms with Crippen molar-refractivity contribution in [1.82, 2.24) is 4.98 Å². The Bertz CT molecular complexity index is 1930. The molecule has 0 fully saturated rings. The van der Waals surface area contributed by atoms with Crippen molar-refractivity contribution in [2.45, 2.75) is 0 Å². The van der Waals surface area contributed by atoms with Crippen molar-refractivity contribution in [2.24, 2.45) is 0 Å². The van der Waals surface area contributed by atoms with E-state index < -0.39 is 0 Å². The molecule has 0 bridgehead atoms. The number of hydrogen-bond acceptors (Lipinski definition) is 7. The summed E-state index contributed by atoms with van der Waals surface area (Å²) in [5, 5.41) is 5.60. The summed E-state index contributed by atoms with van der Waals surface area (Å²) < 4.78 is 5.46. The molecular weight excluding hydrogens is 563 g/mol. The van der Waals surface area contributed by atoms with E-state index in [1.807, 2.05) is 78.2 Å². The summed E-state index contributed by atoms with van der Waals surface area (Å²) in [7, 11) is 1.63. The number of thiophene rings is 2. The number of anilines is 2. The number of carbonyl (C=O) groups excluding carboxylic acids is 2. The fourth-order valence-electron chi connectivity index (χ4n) is 4.61. The average Bonchev–Trinajstić information content (AvgIpc) is 3.68. The van der Waals surface area contributed by atoms with E-state index >= 15 is 0 Å². The first-order chi connectivity index (χ1) is 20.5. The summed E-state index contributed by atoms with van der Waals surface area (Å²) in [4.78, 5) is 32.9. The van der Waals surface area contributed by atoms with Crippen LogP contribution >= 0.6 is 22.7 Å². The van der Waals surface area contributed by atoms with Gasteiger partial charge in [-0.15, -0.1) is 22.7 Å². The second kappa shape index (κ2) is 11.8. The van der Waals surface area contributed by atoms with Crippen molar-refractivity contribution < 1.29 is 14.3 Å². The maximum absolute atomic E-state index is 13.5. The fourth-order valence-corrected chi connectivity index (χ4v) is 6.24. The lowest BCUT2D eigenvalue weighted by molar-refractivity contribution is 0.102. The number of amides is 1. The number of nitrogens with two attached hydrogens (primary N) is 1. The van der Waals surface area contributed by atoms with E-state index in [0.29, 0.717) is 26.6 Å². The number of nitrogens with one attached hydrogen (secondary N) is 1. The van der Waals surface area contributed by atoms with Gasteiger partial charge in [-0.1, -0.05) is 48.5 Å². The highest BCUT2D eigenvalue weighted by Gasteiger charge is 2.22. The molecule has 3 heterocycles. The lowest BCUT2D eigenvalue weighted by atomic mass is 9.99. The number of carbonyl (C=O) groups is 2. The van der Waals surface area contributed by atoms with Crippen molar-refractivity contribution in [1.29, 1.82) is 0 Å². The van der Waals surface area contributed by atoms with Crippen LogP contribution in [0.15, 0.2) is 109 Å². The van der Waals surface area contributed by atoms with E-state index in [9.17, 15) is 9.59 Å². The highest BCUT2D eigenvalue weighted by Crippen LogP contribution is 2.42. The number of rotatable bonds is 8. The quantitative estimate of drug-likeness (QED) is 0.138. The first kappa shape index (κ1) is 27.1. The minimum atomic E-state index is -0.343. The molecule has 3 aromatic carbocycles. The number of hydrogen-bond donors (Lipinski definition) is 2. The number of nitrogens with zero attached hydrogens (tertiary/aromatic N) is 1. The van der Waals surface area contributed by atoms with E-state index in [2.05, 4.69) is 5.32 Å². The summed E-state index contributed by atoms with van der Waals surface area (Å²) in [6, 6.07) is 30.3. The minimum Gasteiger partial charge on any atom is -0.497 e. The molecule has 0 radical (unpaired) electrons. The van der Waals surface area contributed by atoms with Gasteiger partial charge in [0.05, 0.1) is 18.5 Å². The molecule has 3 aromatic heterocycles. The zero-order valence-electron chi connectivity index (χ0n) is 22.5. The van der Waals surface area contributed by atoms with Gasteiger partial charge in [-0.05, 0) is 77.2 Å². The SMILES string of the molecule is COc1cccc(-c2cc(-c3ccccc3)nc3sc(C(=O)Nc4ccc(C(=O)C=Cc5cccs5)cc4)c(N)c23)c1. The molecule has 42 heavy (non-hydrogen) atoms. The van der Waals surface area contributed by atoms with Crippen LogP contribution < -0.4 is 15.8 Å². The number of methoxy groups -OCH3 is 1. The Hall–Kier alpha value is -5.05. The maximum atomic E-state index is 13.5. The van der Waals surface area contributed by atoms with Gasteiger partial charge in [0, 0.05) is 27.1 Å². The number of fused-ring (bicyclic) bond motifs is 1. The predicted octanol–water partition coefficient (Wildman–Crippen LogP) is 8.43. The summed E-state index contributed by atoms with van der Waals surface area (Å²) >= 11 is 2.82. The van der Waals surface area contributed by atoms with Crippen molar-refractivity contribution in [2.75, 3.05) is 18.2 Å². The topological polar surface area (TPSA) is 94.3 Å². The summed E-state index contributed by atoms with van der Waals surface area (Å²) in [5.41, 5.74) is 11.6. The van der Waals surface area contributed by atoms with Crippen LogP contribution in [0.25, 0.3) is 38.7 Å². The number of ketones is 1. The number of pyridine rings is 1. The second-order valence-corrected chi connectivity index (χ2v) is 11.4. The number of ether oxygens (including phenoxy) is 1. The molecule has 0 spiro atoms. The largest absolute Gasteiger partial charge is 0.497 e. The summed E-state index contributed by atoms with van der Waals surface area (Å²) in [5.74, 6) is 0.264. The Labute approximate surface area is 250 Å². The first-order valence-electron chi connectivity index (χ1n) is 13.1. The van der Waals surface area contributed by atoms with Crippen LogP contribution in [0.1, 0.15) is 24.9 Å². The van der Waals surface area contributed by atoms with Gasteiger partial charge in [-0.3, -0.25) is 9.59 Å². The Kier molecular flexibility index (Phi) is 7.64. The van der Waals surface area contributed by atoms with Crippen LogP contribution in [0.3, 0.4) is 0 Å². The standard InChI is InChI=1S/C34H25N3O3S2/c1-40-25-10-5-9-23(19-25)27-20-28(21-7-3-2-4-8-21)37-34-30(27)31(35)32(42-34)33(39)36-24-14-12-22(13-15-24)29(38)17-16-26-11-6-18-41-26/h2-20H,35H2,1H3,(H,36,39). The molecular formula is C34H25N3O3S2. The molecule has 8 heteroatoms. The Morgan fingerprint density at radius 2 is 1.69 bits per heavy atom. The molecule has 0 saturated carbocycles. The second-order valence-electron chi connectivity index (χ2n) is 9.42. The predicted molar refractivity (Wildman–Crippen MR) is 174 cm³/mol. The van der Waals surface area contributed by atoms with E-state index in [1.54, 1.807) is 54.9 Å². The third kappa shape index (κ3) is 5.58. The molecule has 6 rings (SSSR count). The van der Waals surface area contributed by atoms with Gasteiger partial charge >= 0.3 is 0 Å². The molecule has 1 amide bonds. The molecule has 0 atom stereocenters. The lowest BCUT2D eigenvalue weighted by Crippen LogP contribution is -2.12. The van der Waals surface area contributed by atoms with E-state index in [0.717, 1.165) is 38.4 Å². The third-order valence-corrected chi connectivity index (χ3v) is 8.66. The van der Waals surface area contributed by atoms with Crippen LogP contribution in [0.5, 0.6) is 5.75 Å². The first-order valence-corrected chi connectivity index (χ1v) is 14.8. The van der Waals surface area contributed by atoms with Gasteiger partial charge in [-0.25, -0.2) is 4.98 Å². The van der Waals surface area contributed by atoms with Crippen LogP contribution in [0.4, 0.5) is 11.4 Å². The van der Waals surface area contributed by atoms with Gasteiger partial charge < -0.3 is 15.8 Å². The van der Waals surface area contributed by atoms with E-state index in [-0.39, 0.29) is 11.7 Å². The normalized spacial score (nSPS) is 11.2. The minimum absolute atomic E-state index is 0.111. The average molecular weight is 588 g/mol. The van der Waals surface area contributed by atoms with Gasteiger partial charge in [0.15, 0.2) is 5.78 Å². The highest BCUT2D eigenvalue weighted by atomic mass is 32.1. The molecule has 0 saturated heterocycles. The van der Waals surface area contributed by atoms with Gasteiger partial charge in [0.2, 0.25) is 0 Å². The Balaban J connectivity index is 1.32. The van der Waals surface area contributed by atoms with Crippen molar-refractivity contribution >= 4 is 62.0 Å². The Morgan fingerprint density at radius 1 is 0.905 bits per heavy atom. The van der Waals surface area contributed by atoms with Gasteiger partial charge in [0.25, 0.3) is 5.91 Å². The number of nitrogen functional groups attached to an aromatic ring is 1. The summed E-state index contributed by atoms with van der Waals surface area (Å²) in [6.45, 7) is 0. The van der Waals surface area contributed by atoms with Crippen molar-refractivity contribution in [3.8, 4) is 28.1 Å². The molecule has 3 N–H and O–H groups in total. The van der Waals surface area contributed by atoms with E-state index in [4.69, 9.17) is 15.5 Å². The highest BCUT2D eigenvalue weighted by molar-refractivity contribution is 7.21. The fraction of sp³-hybridized carbons (Fsp3) is 0.0294. The summed E-state index contributed by atoms with van der Waals surface area (Å²) in [6.07, 6.45) is 3.35. The molecule has 0 aliphatic heterocycles. The third-order valence-electron chi connectivity index (χ3n) is 6.72. The van der Waals surface area contributed by atoms with Crippen molar-refractivity contribution in [3.05, 3.63) is 124 Å². The lowest BCUT2D eigenvalue weighted by Gasteiger charge is -2.10. The molecule has 0 unspecified atom stereocenters. The van der Waals surface area contributed by atoms with Crippen LogP contribution in [0, 0.1) is 0 Å². The number of benzene rings is 3. The smallest absolute Gasteiger partial charge is 0.267 e. The number of aromatic nitrogens is 1. The van der Waals surface area contributed by atoms with Gasteiger partial charge in [-0.2, -0.15) is 0 Å². The number of allylic oxidation sites excluding steroid dienone is 1. The van der Waals surface area contributed by atoms with Gasteiger partial charge in [0.1, 0.15) is 15.5 Å². The van der Waals surface area contributed by atoms with Crippen LogP contribution in [-0.2, 0) is 0 Å². The van der Waals surface area contributed by atoms with E-state index in [1.165, 1.54) is 11.3 Å². The monoisotopic (exact) mass is 587 g/mol. The van der Waals surface area contributed by atoms with Crippen LogP contribution in [0.2, 0.25) is 0 Å². The molecule has 6 nitrogen and oxygen atoms in total. The molecule has 6 aromatic rings.